The Morgan fingerprint density at radius 3 is 2.40 bits per heavy atom. The van der Waals surface area contributed by atoms with Crippen LogP contribution in [0.15, 0.2) is 48.8 Å². The zero-order valence-corrected chi connectivity index (χ0v) is 13.3. The van der Waals surface area contributed by atoms with Crippen LogP contribution in [0.5, 0.6) is 0 Å². The average molecular weight is 351 g/mol. The van der Waals surface area contributed by atoms with Crippen molar-refractivity contribution in [2.45, 2.75) is 25.7 Å². The minimum absolute atomic E-state index is 0.0416. The first-order valence-electron chi connectivity index (χ1n) is 7.42. The van der Waals surface area contributed by atoms with Gasteiger partial charge in [-0.3, -0.25) is 14.6 Å². The largest absolute Gasteiger partial charge is 0.416 e. The van der Waals surface area contributed by atoms with Crippen molar-refractivity contribution in [2.24, 2.45) is 0 Å². The fourth-order valence-electron chi connectivity index (χ4n) is 2.00. The van der Waals surface area contributed by atoms with Crippen LogP contribution in [-0.4, -0.2) is 22.8 Å². The molecule has 25 heavy (non-hydrogen) atoms. The van der Waals surface area contributed by atoms with E-state index in [1.807, 2.05) is 0 Å². The summed E-state index contributed by atoms with van der Waals surface area (Å²) < 4.78 is 37.5. The van der Waals surface area contributed by atoms with Crippen LogP contribution in [0.25, 0.3) is 0 Å². The van der Waals surface area contributed by atoms with Gasteiger partial charge in [-0.2, -0.15) is 13.2 Å². The zero-order chi connectivity index (χ0) is 18.4. The third-order valence-corrected chi connectivity index (χ3v) is 3.40. The Labute approximate surface area is 142 Å². The van der Waals surface area contributed by atoms with Gasteiger partial charge in [-0.05, 0) is 42.8 Å². The van der Waals surface area contributed by atoms with E-state index < -0.39 is 29.6 Å². The molecule has 2 aromatic rings. The van der Waals surface area contributed by atoms with Crippen LogP contribution in [-0.2, 0) is 17.5 Å². The summed E-state index contributed by atoms with van der Waals surface area (Å²) in [6.07, 6.45) is -1.25. The molecule has 8 heteroatoms. The molecule has 0 saturated carbocycles. The Bertz CT molecular complexity index is 731. The Kier molecular flexibility index (Phi) is 5.74. The van der Waals surface area contributed by atoms with Crippen LogP contribution in [0.3, 0.4) is 0 Å². The number of nitrogens with one attached hydrogen (secondary N) is 2. The van der Waals surface area contributed by atoms with Crippen molar-refractivity contribution in [1.29, 1.82) is 0 Å². The quantitative estimate of drug-likeness (QED) is 0.870. The second-order valence-electron chi connectivity index (χ2n) is 5.35. The highest BCUT2D eigenvalue weighted by Gasteiger charge is 2.30. The number of nitrogens with zero attached hydrogens (tertiary/aromatic N) is 1. The maximum absolute atomic E-state index is 12.5. The van der Waals surface area contributed by atoms with Gasteiger partial charge in [0.05, 0.1) is 5.56 Å². The molecule has 1 atom stereocenters. The van der Waals surface area contributed by atoms with Crippen molar-refractivity contribution in [3.63, 3.8) is 0 Å². The van der Waals surface area contributed by atoms with E-state index >= 15 is 0 Å². The first-order valence-corrected chi connectivity index (χ1v) is 7.42. The van der Waals surface area contributed by atoms with Crippen molar-refractivity contribution >= 4 is 11.8 Å². The average Bonchev–Trinajstić information content (AvgIpc) is 2.59. The van der Waals surface area contributed by atoms with Gasteiger partial charge in [-0.1, -0.05) is 6.07 Å². The fourth-order valence-corrected chi connectivity index (χ4v) is 2.00. The normalized spacial score (nSPS) is 12.3. The molecule has 5 nitrogen and oxygen atoms in total. The third-order valence-electron chi connectivity index (χ3n) is 3.40. The Hall–Kier alpha value is -2.90. The molecule has 2 rings (SSSR count). The molecule has 1 heterocycles. The van der Waals surface area contributed by atoms with Gasteiger partial charge in [0.25, 0.3) is 5.91 Å². The monoisotopic (exact) mass is 351 g/mol. The molecular formula is C17H16F3N3O2. The molecule has 2 N–H and O–H groups in total. The van der Waals surface area contributed by atoms with Crippen LogP contribution >= 0.6 is 0 Å². The summed E-state index contributed by atoms with van der Waals surface area (Å²) >= 11 is 0. The summed E-state index contributed by atoms with van der Waals surface area (Å²) in [4.78, 5) is 27.9. The zero-order valence-electron chi connectivity index (χ0n) is 13.3. The molecular weight excluding hydrogens is 335 g/mol. The SMILES string of the molecule is C[C@@H](NC(=O)c1ccc(C(F)(F)F)cc1)C(=O)NCc1cccnc1. The summed E-state index contributed by atoms with van der Waals surface area (Å²) in [7, 11) is 0. The number of hydrogen-bond acceptors (Lipinski definition) is 3. The van der Waals surface area contributed by atoms with Gasteiger partial charge in [-0.25, -0.2) is 0 Å². The lowest BCUT2D eigenvalue weighted by molar-refractivity contribution is -0.137. The van der Waals surface area contributed by atoms with E-state index in [2.05, 4.69) is 15.6 Å². The Balaban J connectivity index is 1.89. The maximum Gasteiger partial charge on any atom is 0.416 e. The summed E-state index contributed by atoms with van der Waals surface area (Å²) in [5.41, 5.74) is 0.00309. The van der Waals surface area contributed by atoms with Gasteiger partial charge in [0.15, 0.2) is 0 Å². The molecule has 1 aromatic heterocycles. The highest BCUT2D eigenvalue weighted by Crippen LogP contribution is 2.29. The minimum atomic E-state index is -4.46. The van der Waals surface area contributed by atoms with Gasteiger partial charge in [0.1, 0.15) is 6.04 Å². The van der Waals surface area contributed by atoms with E-state index in [-0.39, 0.29) is 12.1 Å². The van der Waals surface area contributed by atoms with Crippen molar-refractivity contribution in [3.8, 4) is 0 Å². The van der Waals surface area contributed by atoms with E-state index in [4.69, 9.17) is 0 Å². The number of benzene rings is 1. The van der Waals surface area contributed by atoms with Crippen molar-refractivity contribution < 1.29 is 22.8 Å². The standard InChI is InChI=1S/C17H16F3N3O2/c1-11(15(24)22-10-12-3-2-8-21-9-12)23-16(25)13-4-6-14(7-5-13)17(18,19)20/h2-9,11H,10H2,1H3,(H,22,24)(H,23,25)/t11-/m1/s1. The van der Waals surface area contributed by atoms with Crippen LogP contribution < -0.4 is 10.6 Å². The number of carbonyl (C=O) groups excluding carboxylic acids is 2. The molecule has 2 amide bonds. The third kappa shape index (κ3) is 5.30. The van der Waals surface area contributed by atoms with Gasteiger partial charge < -0.3 is 10.6 Å². The van der Waals surface area contributed by atoms with Gasteiger partial charge >= 0.3 is 6.18 Å². The summed E-state index contributed by atoms with van der Waals surface area (Å²) in [6.45, 7) is 1.74. The predicted octanol–water partition coefficient (Wildman–Crippen LogP) is 2.54. The topological polar surface area (TPSA) is 71.1 Å². The summed E-state index contributed by atoms with van der Waals surface area (Å²) in [5, 5.41) is 5.08. The number of hydrogen-bond donors (Lipinski definition) is 2. The molecule has 0 fully saturated rings. The second-order valence-corrected chi connectivity index (χ2v) is 5.35. The molecule has 0 unspecified atom stereocenters. The van der Waals surface area contributed by atoms with Crippen molar-refractivity contribution in [3.05, 3.63) is 65.5 Å². The van der Waals surface area contributed by atoms with Crippen LogP contribution in [0.2, 0.25) is 0 Å². The molecule has 0 bridgehead atoms. The molecule has 0 aliphatic carbocycles. The Morgan fingerprint density at radius 2 is 1.84 bits per heavy atom. The maximum atomic E-state index is 12.5. The molecule has 0 saturated heterocycles. The predicted molar refractivity (Wildman–Crippen MR) is 84.5 cm³/mol. The lowest BCUT2D eigenvalue weighted by Gasteiger charge is -2.14. The lowest BCUT2D eigenvalue weighted by Crippen LogP contribution is -2.44. The van der Waals surface area contributed by atoms with Gasteiger partial charge in [0, 0.05) is 24.5 Å². The summed E-state index contributed by atoms with van der Waals surface area (Å²) in [6, 6.07) is 6.46. The first kappa shape index (κ1) is 18.4. The first-order chi connectivity index (χ1) is 11.8. The molecule has 132 valence electrons. The van der Waals surface area contributed by atoms with Crippen LogP contribution in [0, 0.1) is 0 Å². The molecule has 0 aliphatic heterocycles. The van der Waals surface area contributed by atoms with Gasteiger partial charge in [0.2, 0.25) is 5.91 Å². The molecule has 0 radical (unpaired) electrons. The molecule has 0 aliphatic rings. The number of halogens is 3. The highest BCUT2D eigenvalue weighted by atomic mass is 19.4. The number of aromatic nitrogens is 1. The Morgan fingerprint density at radius 1 is 1.16 bits per heavy atom. The molecule has 1 aromatic carbocycles. The highest BCUT2D eigenvalue weighted by molar-refractivity contribution is 5.97. The van der Waals surface area contributed by atoms with E-state index in [9.17, 15) is 22.8 Å². The lowest BCUT2D eigenvalue weighted by atomic mass is 10.1. The second kappa shape index (κ2) is 7.78. The smallest absolute Gasteiger partial charge is 0.350 e. The van der Waals surface area contributed by atoms with Crippen molar-refractivity contribution in [1.82, 2.24) is 15.6 Å². The number of carbonyl (C=O) groups is 2. The minimum Gasteiger partial charge on any atom is -0.350 e. The van der Waals surface area contributed by atoms with Gasteiger partial charge in [-0.15, -0.1) is 0 Å². The van der Waals surface area contributed by atoms with E-state index in [1.165, 1.54) is 6.92 Å². The number of pyridine rings is 1. The van der Waals surface area contributed by atoms with Crippen LogP contribution in [0.4, 0.5) is 13.2 Å². The van der Waals surface area contributed by atoms with E-state index in [0.717, 1.165) is 29.8 Å². The van der Waals surface area contributed by atoms with Crippen LogP contribution in [0.1, 0.15) is 28.4 Å². The van der Waals surface area contributed by atoms with E-state index in [1.54, 1.807) is 24.5 Å². The number of amides is 2. The number of rotatable bonds is 5. The van der Waals surface area contributed by atoms with Crippen molar-refractivity contribution in [2.75, 3.05) is 0 Å². The fraction of sp³-hybridized carbons (Fsp3) is 0.235. The number of alkyl halides is 3. The molecule has 0 spiro atoms. The van der Waals surface area contributed by atoms with E-state index in [0.29, 0.717) is 0 Å². The summed E-state index contributed by atoms with van der Waals surface area (Å²) in [5.74, 6) is -1.04.